The number of carbonyl (C=O) groups is 4. The van der Waals surface area contributed by atoms with Gasteiger partial charge in [0.2, 0.25) is 11.8 Å². The standard InChI is InChI=1S/C36H53N3O7/c1-7-9-10-11-12-13-23-39(32(28-16-14-15-26(3)24-28)33(42)37-22-21-31(41)45-8-2)34(43)30(38-35(44)46-36(4,5)6)25-27-17-19-29(40)20-18-27/h14-20,24,30,32,40H,7-13,21-23,25H2,1-6H3,(H,37,42)(H,38,44). The van der Waals surface area contributed by atoms with Crippen LogP contribution in [-0.2, 0) is 30.3 Å². The molecule has 0 aliphatic heterocycles. The molecule has 10 heteroatoms. The smallest absolute Gasteiger partial charge is 0.408 e. The predicted octanol–water partition coefficient (Wildman–Crippen LogP) is 6.14. The van der Waals surface area contributed by atoms with Gasteiger partial charge in [-0.3, -0.25) is 14.4 Å². The number of esters is 1. The van der Waals surface area contributed by atoms with Crippen LogP contribution in [0.4, 0.5) is 4.79 Å². The molecule has 0 aliphatic rings. The summed E-state index contributed by atoms with van der Waals surface area (Å²) in [7, 11) is 0. The number of hydrogen-bond donors (Lipinski definition) is 3. The molecule has 0 saturated carbocycles. The van der Waals surface area contributed by atoms with E-state index in [0.717, 1.165) is 37.7 Å². The summed E-state index contributed by atoms with van der Waals surface area (Å²) in [5.74, 6) is -1.23. The largest absolute Gasteiger partial charge is 0.508 e. The summed E-state index contributed by atoms with van der Waals surface area (Å²) in [4.78, 5) is 55.1. The Morgan fingerprint density at radius 2 is 1.61 bits per heavy atom. The first-order chi connectivity index (χ1) is 21.8. The van der Waals surface area contributed by atoms with E-state index in [1.165, 1.54) is 17.0 Å². The number of phenolic OH excluding ortho intramolecular Hbond substituents is 1. The van der Waals surface area contributed by atoms with E-state index in [9.17, 15) is 24.3 Å². The molecule has 2 unspecified atom stereocenters. The van der Waals surface area contributed by atoms with Crippen molar-refractivity contribution in [3.05, 3.63) is 65.2 Å². The van der Waals surface area contributed by atoms with E-state index in [0.29, 0.717) is 17.5 Å². The molecule has 0 radical (unpaired) electrons. The molecule has 0 fully saturated rings. The minimum absolute atomic E-state index is 0.00479. The molecule has 0 saturated heterocycles. The summed E-state index contributed by atoms with van der Waals surface area (Å²) >= 11 is 0. The summed E-state index contributed by atoms with van der Waals surface area (Å²) in [6, 6.07) is 11.7. The Labute approximate surface area is 274 Å². The third kappa shape index (κ3) is 13.9. The number of rotatable bonds is 18. The monoisotopic (exact) mass is 639 g/mol. The van der Waals surface area contributed by atoms with Gasteiger partial charge >= 0.3 is 12.1 Å². The lowest BCUT2D eigenvalue weighted by molar-refractivity contribution is -0.144. The molecule has 46 heavy (non-hydrogen) atoms. The number of carbonyl (C=O) groups excluding carboxylic acids is 4. The number of hydrogen-bond acceptors (Lipinski definition) is 7. The van der Waals surface area contributed by atoms with Gasteiger partial charge in [0.25, 0.3) is 0 Å². The summed E-state index contributed by atoms with van der Waals surface area (Å²) in [5, 5.41) is 15.4. The molecule has 10 nitrogen and oxygen atoms in total. The number of ether oxygens (including phenoxy) is 2. The molecule has 2 rings (SSSR count). The molecule has 2 aromatic carbocycles. The molecule has 3 N–H and O–H groups in total. The minimum atomic E-state index is -1.07. The second kappa shape index (κ2) is 19.4. The molecule has 2 atom stereocenters. The Bertz CT molecular complexity index is 1260. The molecule has 2 aromatic rings. The molecule has 0 heterocycles. The van der Waals surface area contributed by atoms with Gasteiger partial charge in [-0.1, -0.05) is 81.0 Å². The highest BCUT2D eigenvalue weighted by Crippen LogP contribution is 2.26. The lowest BCUT2D eigenvalue weighted by Gasteiger charge is -2.35. The van der Waals surface area contributed by atoms with Crippen molar-refractivity contribution in [2.45, 2.75) is 111 Å². The number of phenols is 1. The van der Waals surface area contributed by atoms with Crippen LogP contribution in [0.2, 0.25) is 0 Å². The summed E-state index contributed by atoms with van der Waals surface area (Å²) < 4.78 is 10.5. The molecule has 3 amide bonds. The molecular formula is C36H53N3O7. The zero-order valence-corrected chi connectivity index (χ0v) is 28.4. The number of alkyl carbamates (subject to hydrolysis) is 1. The third-order valence-corrected chi connectivity index (χ3v) is 7.25. The second-order valence-corrected chi connectivity index (χ2v) is 12.5. The van der Waals surface area contributed by atoms with Gasteiger partial charge in [-0.2, -0.15) is 0 Å². The van der Waals surface area contributed by atoms with Crippen molar-refractivity contribution in [2.24, 2.45) is 0 Å². The first kappa shape index (κ1) is 38.1. The van der Waals surface area contributed by atoms with Crippen molar-refractivity contribution in [3.8, 4) is 5.75 Å². The lowest BCUT2D eigenvalue weighted by Crippen LogP contribution is -2.54. The fourth-order valence-corrected chi connectivity index (χ4v) is 5.08. The van der Waals surface area contributed by atoms with Crippen molar-refractivity contribution in [1.82, 2.24) is 15.5 Å². The van der Waals surface area contributed by atoms with E-state index in [4.69, 9.17) is 9.47 Å². The van der Waals surface area contributed by atoms with Crippen LogP contribution in [0.5, 0.6) is 5.75 Å². The highest BCUT2D eigenvalue weighted by atomic mass is 16.6. The normalized spacial score (nSPS) is 12.5. The SMILES string of the molecule is CCCCCCCCN(C(=O)C(Cc1ccc(O)cc1)NC(=O)OC(C)(C)C)C(C(=O)NCCC(=O)OCC)c1cccc(C)c1. The fourth-order valence-electron chi connectivity index (χ4n) is 5.08. The first-order valence-corrected chi connectivity index (χ1v) is 16.4. The van der Waals surface area contributed by atoms with Gasteiger partial charge in [-0.15, -0.1) is 0 Å². The number of aromatic hydroxyl groups is 1. The van der Waals surface area contributed by atoms with E-state index >= 15 is 0 Å². The second-order valence-electron chi connectivity index (χ2n) is 12.5. The number of amides is 3. The molecule has 0 aromatic heterocycles. The summed E-state index contributed by atoms with van der Waals surface area (Å²) in [6.07, 6.45) is 5.21. The van der Waals surface area contributed by atoms with Gasteiger partial charge in [0.15, 0.2) is 0 Å². The van der Waals surface area contributed by atoms with Gasteiger partial charge in [0.1, 0.15) is 23.4 Å². The molecule has 254 valence electrons. The predicted molar refractivity (Wildman–Crippen MR) is 178 cm³/mol. The molecular weight excluding hydrogens is 586 g/mol. The van der Waals surface area contributed by atoms with Crippen LogP contribution in [0.15, 0.2) is 48.5 Å². The first-order valence-electron chi connectivity index (χ1n) is 16.4. The van der Waals surface area contributed by atoms with Gasteiger partial charge in [-0.25, -0.2) is 4.79 Å². The van der Waals surface area contributed by atoms with Gasteiger partial charge in [0, 0.05) is 19.5 Å². The quantitative estimate of drug-likeness (QED) is 0.132. The van der Waals surface area contributed by atoms with E-state index in [-0.39, 0.29) is 38.3 Å². The van der Waals surface area contributed by atoms with E-state index in [1.807, 2.05) is 25.1 Å². The van der Waals surface area contributed by atoms with Crippen molar-refractivity contribution < 1.29 is 33.8 Å². The van der Waals surface area contributed by atoms with Crippen LogP contribution in [-0.4, -0.2) is 65.2 Å². The zero-order valence-electron chi connectivity index (χ0n) is 28.4. The Hall–Kier alpha value is -4.08. The van der Waals surface area contributed by atoms with Crippen molar-refractivity contribution in [1.29, 1.82) is 0 Å². The van der Waals surface area contributed by atoms with E-state index in [2.05, 4.69) is 17.6 Å². The van der Waals surface area contributed by atoms with Crippen LogP contribution in [0.1, 0.15) is 102 Å². The van der Waals surface area contributed by atoms with Crippen LogP contribution in [0.3, 0.4) is 0 Å². The van der Waals surface area contributed by atoms with E-state index in [1.54, 1.807) is 45.9 Å². The van der Waals surface area contributed by atoms with Crippen molar-refractivity contribution in [2.75, 3.05) is 19.7 Å². The molecule has 0 spiro atoms. The highest BCUT2D eigenvalue weighted by Gasteiger charge is 2.36. The number of nitrogens with one attached hydrogen (secondary N) is 2. The number of aryl methyl sites for hydroxylation is 1. The topological polar surface area (TPSA) is 134 Å². The van der Waals surface area contributed by atoms with Gasteiger partial charge < -0.3 is 30.1 Å². The maximum atomic E-state index is 14.6. The number of unbranched alkanes of at least 4 members (excludes halogenated alkanes) is 5. The average molecular weight is 640 g/mol. The zero-order chi connectivity index (χ0) is 34.1. The average Bonchev–Trinajstić information content (AvgIpc) is 2.98. The van der Waals surface area contributed by atoms with Crippen LogP contribution in [0.25, 0.3) is 0 Å². The highest BCUT2D eigenvalue weighted by molar-refractivity contribution is 5.92. The number of benzene rings is 2. The van der Waals surface area contributed by atoms with Crippen molar-refractivity contribution >= 4 is 23.9 Å². The molecule has 0 aliphatic carbocycles. The Balaban J connectivity index is 2.51. The molecule has 0 bridgehead atoms. The van der Waals surface area contributed by atoms with Gasteiger partial charge in [0.05, 0.1) is 13.0 Å². The Morgan fingerprint density at radius 3 is 2.24 bits per heavy atom. The maximum Gasteiger partial charge on any atom is 0.408 e. The minimum Gasteiger partial charge on any atom is -0.508 e. The number of nitrogens with zero attached hydrogens (tertiary/aromatic N) is 1. The van der Waals surface area contributed by atoms with Crippen LogP contribution in [0, 0.1) is 6.92 Å². The van der Waals surface area contributed by atoms with Crippen molar-refractivity contribution in [3.63, 3.8) is 0 Å². The fraction of sp³-hybridized carbons (Fsp3) is 0.556. The van der Waals surface area contributed by atoms with E-state index < -0.39 is 41.6 Å². The Kier molecular flexibility index (Phi) is 16.1. The van der Waals surface area contributed by atoms with Crippen LogP contribution < -0.4 is 10.6 Å². The maximum absolute atomic E-state index is 14.6. The van der Waals surface area contributed by atoms with Gasteiger partial charge in [-0.05, 0) is 64.3 Å². The lowest BCUT2D eigenvalue weighted by atomic mass is 9.98. The summed E-state index contributed by atoms with van der Waals surface area (Å²) in [6.45, 7) is 11.6. The summed E-state index contributed by atoms with van der Waals surface area (Å²) in [5.41, 5.74) is 1.45. The van der Waals surface area contributed by atoms with Crippen LogP contribution >= 0.6 is 0 Å². The third-order valence-electron chi connectivity index (χ3n) is 7.25. The Morgan fingerprint density at radius 1 is 0.935 bits per heavy atom.